The van der Waals surface area contributed by atoms with Gasteiger partial charge in [-0.25, -0.2) is 9.59 Å². The fraction of sp³-hybridized carbons (Fsp3) is 0.647. The van der Waals surface area contributed by atoms with E-state index in [4.69, 9.17) is 14.2 Å². The third-order valence-electron chi connectivity index (χ3n) is 3.61. The zero-order chi connectivity index (χ0) is 19.3. The number of nitrogens with zero attached hydrogens (tertiary/aromatic N) is 3. The maximum Gasteiger partial charge on any atom is 0.410 e. The van der Waals surface area contributed by atoms with Crippen LogP contribution in [0.1, 0.15) is 37.0 Å². The molecule has 1 aliphatic heterocycles. The summed E-state index contributed by atoms with van der Waals surface area (Å²) in [5.41, 5.74) is 0.749. The Labute approximate surface area is 153 Å². The summed E-state index contributed by atoms with van der Waals surface area (Å²) in [4.78, 5) is 25.6. The van der Waals surface area contributed by atoms with Crippen molar-refractivity contribution in [3.63, 3.8) is 0 Å². The SMILES string of the molecule is COC(=O)c1nnc(C)cc1NCC1CN(C(=O)OC(C)(C)C)CCO1. The molecule has 1 aromatic rings. The highest BCUT2D eigenvalue weighted by molar-refractivity contribution is 5.93. The molecule has 0 bridgehead atoms. The molecule has 0 aliphatic carbocycles. The third kappa shape index (κ3) is 5.55. The largest absolute Gasteiger partial charge is 0.464 e. The summed E-state index contributed by atoms with van der Waals surface area (Å²) in [7, 11) is 1.29. The van der Waals surface area contributed by atoms with Crippen LogP contribution in [0.3, 0.4) is 0 Å². The van der Waals surface area contributed by atoms with Gasteiger partial charge in [-0.2, -0.15) is 5.10 Å². The molecule has 1 aliphatic rings. The average molecular weight is 366 g/mol. The number of hydrogen-bond acceptors (Lipinski definition) is 8. The van der Waals surface area contributed by atoms with Crippen molar-refractivity contribution < 1.29 is 23.8 Å². The number of hydrogen-bond donors (Lipinski definition) is 1. The molecule has 2 rings (SSSR count). The molecule has 144 valence electrons. The number of aromatic nitrogens is 2. The lowest BCUT2D eigenvalue weighted by atomic mass is 10.2. The number of anilines is 1. The smallest absolute Gasteiger partial charge is 0.410 e. The standard InChI is InChI=1S/C17H26N4O5/c1-11-8-13(14(20-19-11)15(22)24-5)18-9-12-10-21(6-7-25-12)16(23)26-17(2,3)4/h8,12H,6-7,9-10H2,1-5H3,(H,18,19). The lowest BCUT2D eigenvalue weighted by Gasteiger charge is -2.34. The first kappa shape index (κ1) is 19.9. The van der Waals surface area contributed by atoms with Gasteiger partial charge in [0.25, 0.3) is 0 Å². The first-order valence-corrected chi connectivity index (χ1v) is 8.45. The Kier molecular flexibility index (Phi) is 6.36. The summed E-state index contributed by atoms with van der Waals surface area (Å²) in [6.07, 6.45) is -0.599. The molecular weight excluding hydrogens is 340 g/mol. The highest BCUT2D eigenvalue weighted by atomic mass is 16.6. The summed E-state index contributed by atoms with van der Waals surface area (Å²) in [6.45, 7) is 8.96. The molecule has 26 heavy (non-hydrogen) atoms. The number of morpholine rings is 1. The highest BCUT2D eigenvalue weighted by Crippen LogP contribution is 2.17. The number of methoxy groups -OCH3 is 1. The van der Waals surface area contributed by atoms with Gasteiger partial charge in [0, 0.05) is 13.1 Å². The molecule has 1 saturated heterocycles. The van der Waals surface area contributed by atoms with Crippen LogP contribution in [0.15, 0.2) is 6.07 Å². The van der Waals surface area contributed by atoms with E-state index in [1.54, 1.807) is 17.9 Å². The second-order valence-corrected chi connectivity index (χ2v) is 7.04. The maximum atomic E-state index is 12.2. The Bertz CT molecular complexity index is 659. The quantitative estimate of drug-likeness (QED) is 0.802. The fourth-order valence-corrected chi connectivity index (χ4v) is 2.43. The van der Waals surface area contributed by atoms with Crippen LogP contribution in [0, 0.1) is 6.92 Å². The van der Waals surface area contributed by atoms with Crippen LogP contribution in [0.25, 0.3) is 0 Å². The number of esters is 1. The normalized spacial score (nSPS) is 17.6. The van der Waals surface area contributed by atoms with Crippen molar-refractivity contribution in [1.29, 1.82) is 0 Å². The molecule has 0 spiro atoms. The predicted molar refractivity (Wildman–Crippen MR) is 94.1 cm³/mol. The van der Waals surface area contributed by atoms with E-state index in [1.165, 1.54) is 7.11 Å². The van der Waals surface area contributed by atoms with Gasteiger partial charge in [0.2, 0.25) is 0 Å². The molecule has 1 unspecified atom stereocenters. The zero-order valence-corrected chi connectivity index (χ0v) is 15.9. The zero-order valence-electron chi connectivity index (χ0n) is 15.9. The number of aryl methyl sites for hydroxylation is 1. The van der Waals surface area contributed by atoms with Crippen molar-refractivity contribution in [3.8, 4) is 0 Å². The first-order chi connectivity index (χ1) is 12.2. The lowest BCUT2D eigenvalue weighted by molar-refractivity contribution is -0.0371. The molecule has 2 heterocycles. The minimum Gasteiger partial charge on any atom is -0.464 e. The van der Waals surface area contributed by atoms with Gasteiger partial charge in [-0.15, -0.1) is 5.10 Å². The van der Waals surface area contributed by atoms with Crippen molar-refractivity contribution in [2.45, 2.75) is 39.4 Å². The Balaban J connectivity index is 1.98. The van der Waals surface area contributed by atoms with Gasteiger partial charge in [-0.05, 0) is 33.8 Å². The molecule has 1 amide bonds. The topological polar surface area (TPSA) is 103 Å². The molecule has 1 fully saturated rings. The van der Waals surface area contributed by atoms with Crippen LogP contribution in [-0.2, 0) is 14.2 Å². The van der Waals surface area contributed by atoms with E-state index in [9.17, 15) is 9.59 Å². The van der Waals surface area contributed by atoms with Gasteiger partial charge in [0.15, 0.2) is 5.69 Å². The predicted octanol–water partition coefficient (Wildman–Crippen LogP) is 1.62. The fourth-order valence-electron chi connectivity index (χ4n) is 2.43. The molecule has 9 heteroatoms. The summed E-state index contributed by atoms with van der Waals surface area (Å²) < 4.78 is 15.8. The summed E-state index contributed by atoms with van der Waals surface area (Å²) in [5.74, 6) is -0.569. The van der Waals surface area contributed by atoms with Crippen molar-refractivity contribution >= 4 is 17.7 Å². The Morgan fingerprint density at radius 2 is 2.12 bits per heavy atom. The average Bonchev–Trinajstić information content (AvgIpc) is 2.58. The van der Waals surface area contributed by atoms with E-state index in [0.29, 0.717) is 37.6 Å². The summed E-state index contributed by atoms with van der Waals surface area (Å²) >= 11 is 0. The van der Waals surface area contributed by atoms with Crippen molar-refractivity contribution in [1.82, 2.24) is 15.1 Å². The van der Waals surface area contributed by atoms with Crippen LogP contribution in [0.2, 0.25) is 0 Å². The number of nitrogens with one attached hydrogen (secondary N) is 1. The van der Waals surface area contributed by atoms with Gasteiger partial charge >= 0.3 is 12.1 Å². The first-order valence-electron chi connectivity index (χ1n) is 8.45. The Morgan fingerprint density at radius 1 is 1.38 bits per heavy atom. The van der Waals surface area contributed by atoms with Crippen molar-refractivity contribution in [3.05, 3.63) is 17.5 Å². The second-order valence-electron chi connectivity index (χ2n) is 7.04. The molecule has 0 aromatic carbocycles. The molecule has 0 radical (unpaired) electrons. The van der Waals surface area contributed by atoms with Gasteiger partial charge in [-0.3, -0.25) is 0 Å². The third-order valence-corrected chi connectivity index (χ3v) is 3.61. The monoisotopic (exact) mass is 366 g/mol. The molecule has 0 saturated carbocycles. The molecule has 9 nitrogen and oxygen atoms in total. The minimum atomic E-state index is -0.569. The number of rotatable bonds is 4. The summed E-state index contributed by atoms with van der Waals surface area (Å²) in [6, 6.07) is 1.72. The van der Waals surface area contributed by atoms with E-state index in [2.05, 4.69) is 15.5 Å². The maximum absolute atomic E-state index is 12.2. The summed E-state index contributed by atoms with van der Waals surface area (Å²) in [5, 5.41) is 10.9. The number of carbonyl (C=O) groups excluding carboxylic acids is 2. The number of amides is 1. The van der Waals surface area contributed by atoms with Crippen molar-refractivity contribution in [2.75, 3.05) is 38.7 Å². The number of ether oxygens (including phenoxy) is 3. The van der Waals surface area contributed by atoms with Crippen LogP contribution in [0.5, 0.6) is 0 Å². The van der Waals surface area contributed by atoms with Crippen molar-refractivity contribution in [2.24, 2.45) is 0 Å². The van der Waals surface area contributed by atoms with E-state index in [0.717, 1.165) is 0 Å². The second kappa shape index (κ2) is 8.31. The van der Waals surface area contributed by atoms with Crippen LogP contribution < -0.4 is 5.32 Å². The van der Waals surface area contributed by atoms with Gasteiger partial charge < -0.3 is 24.4 Å². The van der Waals surface area contributed by atoms with E-state index >= 15 is 0 Å². The van der Waals surface area contributed by atoms with Crippen LogP contribution in [0.4, 0.5) is 10.5 Å². The van der Waals surface area contributed by atoms with Crippen LogP contribution >= 0.6 is 0 Å². The Morgan fingerprint density at radius 3 is 2.77 bits per heavy atom. The lowest BCUT2D eigenvalue weighted by Crippen LogP contribution is -2.49. The molecule has 1 N–H and O–H groups in total. The molecule has 1 atom stereocenters. The van der Waals surface area contributed by atoms with E-state index in [-0.39, 0.29) is 17.9 Å². The van der Waals surface area contributed by atoms with Gasteiger partial charge in [-0.1, -0.05) is 0 Å². The molecule has 1 aromatic heterocycles. The highest BCUT2D eigenvalue weighted by Gasteiger charge is 2.28. The van der Waals surface area contributed by atoms with Gasteiger partial charge in [0.05, 0.1) is 37.7 Å². The van der Waals surface area contributed by atoms with E-state index in [1.807, 2.05) is 20.8 Å². The Hall–Kier alpha value is -2.42. The van der Waals surface area contributed by atoms with E-state index < -0.39 is 11.6 Å². The minimum absolute atomic E-state index is 0.109. The van der Waals surface area contributed by atoms with Gasteiger partial charge in [0.1, 0.15) is 5.60 Å². The van der Waals surface area contributed by atoms with Crippen LogP contribution in [-0.4, -0.2) is 72.2 Å². The number of carbonyl (C=O) groups is 2. The molecular formula is C17H26N4O5.